The normalized spacial score (nSPS) is 11.0. The van der Waals surface area contributed by atoms with Crippen LogP contribution in [0, 0.1) is 0 Å². The Balaban J connectivity index is 1.83. The molecule has 0 saturated carbocycles. The standard InChI is InChI=1S/C22H27NO4/c1-5-20(24)16-6-10-19(11-7-16)27-14-21(25)23-15-22(2,3)17-8-12-18(26-4)13-9-17/h6-13H,5,14-15H2,1-4H3,(H,23,25). The maximum atomic E-state index is 12.1. The number of nitrogens with one attached hydrogen (secondary N) is 1. The number of amides is 1. The molecule has 0 spiro atoms. The van der Waals surface area contributed by atoms with Gasteiger partial charge in [0.25, 0.3) is 5.91 Å². The van der Waals surface area contributed by atoms with Crippen LogP contribution in [0.2, 0.25) is 0 Å². The van der Waals surface area contributed by atoms with Crippen LogP contribution in [0.1, 0.15) is 43.1 Å². The van der Waals surface area contributed by atoms with Crippen LogP contribution in [-0.4, -0.2) is 32.0 Å². The Labute approximate surface area is 160 Å². The number of carbonyl (C=O) groups excluding carboxylic acids is 2. The van der Waals surface area contributed by atoms with Crippen LogP contribution < -0.4 is 14.8 Å². The zero-order valence-electron chi connectivity index (χ0n) is 16.4. The van der Waals surface area contributed by atoms with Crippen LogP contribution in [-0.2, 0) is 10.2 Å². The number of ketones is 1. The van der Waals surface area contributed by atoms with Crippen molar-refractivity contribution in [3.05, 3.63) is 59.7 Å². The van der Waals surface area contributed by atoms with Crippen molar-refractivity contribution >= 4 is 11.7 Å². The molecule has 1 N–H and O–H groups in total. The number of hydrogen-bond acceptors (Lipinski definition) is 4. The van der Waals surface area contributed by atoms with Crippen molar-refractivity contribution in [1.82, 2.24) is 5.32 Å². The highest BCUT2D eigenvalue weighted by atomic mass is 16.5. The van der Waals surface area contributed by atoms with E-state index in [0.717, 1.165) is 11.3 Å². The van der Waals surface area contributed by atoms with Crippen LogP contribution >= 0.6 is 0 Å². The molecule has 0 aliphatic rings. The van der Waals surface area contributed by atoms with E-state index in [4.69, 9.17) is 9.47 Å². The summed E-state index contributed by atoms with van der Waals surface area (Å²) in [6, 6.07) is 14.7. The number of benzene rings is 2. The summed E-state index contributed by atoms with van der Waals surface area (Å²) >= 11 is 0. The minimum Gasteiger partial charge on any atom is -0.497 e. The number of carbonyl (C=O) groups is 2. The number of ether oxygens (including phenoxy) is 2. The summed E-state index contributed by atoms with van der Waals surface area (Å²) < 4.78 is 10.7. The van der Waals surface area contributed by atoms with Gasteiger partial charge in [-0.25, -0.2) is 0 Å². The predicted molar refractivity (Wildman–Crippen MR) is 106 cm³/mol. The van der Waals surface area contributed by atoms with Gasteiger partial charge in [-0.3, -0.25) is 9.59 Å². The second-order valence-electron chi connectivity index (χ2n) is 6.98. The zero-order valence-corrected chi connectivity index (χ0v) is 16.4. The Bertz CT molecular complexity index is 764. The van der Waals surface area contributed by atoms with Crippen LogP contribution in [0.4, 0.5) is 0 Å². The second-order valence-corrected chi connectivity index (χ2v) is 6.98. The fourth-order valence-corrected chi connectivity index (χ4v) is 2.60. The molecule has 0 atom stereocenters. The summed E-state index contributed by atoms with van der Waals surface area (Å²) in [5.41, 5.74) is 1.54. The van der Waals surface area contributed by atoms with Crippen LogP contribution in [0.15, 0.2) is 48.5 Å². The summed E-state index contributed by atoms with van der Waals surface area (Å²) in [6.07, 6.45) is 0.465. The maximum Gasteiger partial charge on any atom is 0.257 e. The number of Topliss-reactive ketones (excluding diaryl/α,β-unsaturated/α-hetero) is 1. The van der Waals surface area contributed by atoms with Gasteiger partial charge in [-0.15, -0.1) is 0 Å². The van der Waals surface area contributed by atoms with E-state index in [-0.39, 0.29) is 23.7 Å². The molecule has 0 radical (unpaired) electrons. The Kier molecular flexibility index (Phi) is 6.99. The van der Waals surface area contributed by atoms with Gasteiger partial charge < -0.3 is 14.8 Å². The Morgan fingerprint density at radius 3 is 2.11 bits per heavy atom. The molecule has 2 rings (SSSR count). The van der Waals surface area contributed by atoms with Gasteiger partial charge in [0.1, 0.15) is 11.5 Å². The Morgan fingerprint density at radius 1 is 0.963 bits per heavy atom. The summed E-state index contributed by atoms with van der Waals surface area (Å²) in [5, 5.41) is 2.91. The van der Waals surface area contributed by atoms with Gasteiger partial charge in [-0.2, -0.15) is 0 Å². The fraction of sp³-hybridized carbons (Fsp3) is 0.364. The molecule has 0 fully saturated rings. The average Bonchev–Trinajstić information content (AvgIpc) is 2.70. The van der Waals surface area contributed by atoms with Crippen molar-refractivity contribution in [2.45, 2.75) is 32.6 Å². The van der Waals surface area contributed by atoms with Crippen LogP contribution in [0.3, 0.4) is 0 Å². The summed E-state index contributed by atoms with van der Waals surface area (Å²) in [6.45, 7) is 6.38. The third kappa shape index (κ3) is 5.84. The van der Waals surface area contributed by atoms with Crippen LogP contribution in [0.5, 0.6) is 11.5 Å². The van der Waals surface area contributed by atoms with Gasteiger partial charge in [0.15, 0.2) is 12.4 Å². The Hall–Kier alpha value is -2.82. The van der Waals surface area contributed by atoms with Gasteiger partial charge in [0, 0.05) is 23.9 Å². The second kappa shape index (κ2) is 9.21. The SMILES string of the molecule is CCC(=O)c1ccc(OCC(=O)NCC(C)(C)c2ccc(OC)cc2)cc1. The monoisotopic (exact) mass is 369 g/mol. The molecule has 0 bridgehead atoms. The summed E-state index contributed by atoms with van der Waals surface area (Å²) in [7, 11) is 1.63. The highest BCUT2D eigenvalue weighted by Gasteiger charge is 2.21. The molecule has 27 heavy (non-hydrogen) atoms. The average molecular weight is 369 g/mol. The molecule has 0 aromatic heterocycles. The van der Waals surface area contributed by atoms with Crippen molar-refractivity contribution in [3.8, 4) is 11.5 Å². The van der Waals surface area contributed by atoms with Crippen molar-refractivity contribution in [2.24, 2.45) is 0 Å². The first-order chi connectivity index (χ1) is 12.9. The first-order valence-corrected chi connectivity index (χ1v) is 9.03. The van der Waals surface area contributed by atoms with Crippen molar-refractivity contribution in [3.63, 3.8) is 0 Å². The van der Waals surface area contributed by atoms with E-state index in [9.17, 15) is 9.59 Å². The molecule has 5 nitrogen and oxygen atoms in total. The fourth-order valence-electron chi connectivity index (χ4n) is 2.60. The lowest BCUT2D eigenvalue weighted by Gasteiger charge is -2.26. The minimum atomic E-state index is -0.218. The van der Waals surface area contributed by atoms with Gasteiger partial charge >= 0.3 is 0 Å². The van der Waals surface area contributed by atoms with Crippen molar-refractivity contribution < 1.29 is 19.1 Å². The van der Waals surface area contributed by atoms with E-state index < -0.39 is 0 Å². The first-order valence-electron chi connectivity index (χ1n) is 9.03. The maximum absolute atomic E-state index is 12.1. The molecule has 0 aliphatic heterocycles. The molecule has 144 valence electrons. The molecule has 0 unspecified atom stereocenters. The number of methoxy groups -OCH3 is 1. The predicted octanol–water partition coefficient (Wildman–Crippen LogP) is 3.76. The molecular weight excluding hydrogens is 342 g/mol. The molecule has 2 aromatic carbocycles. The lowest BCUT2D eigenvalue weighted by molar-refractivity contribution is -0.123. The smallest absolute Gasteiger partial charge is 0.257 e. The summed E-state index contributed by atoms with van der Waals surface area (Å²) in [4.78, 5) is 23.7. The third-order valence-corrected chi connectivity index (χ3v) is 4.47. The largest absolute Gasteiger partial charge is 0.497 e. The highest BCUT2D eigenvalue weighted by Crippen LogP contribution is 2.24. The van der Waals surface area contributed by atoms with Crippen LogP contribution in [0.25, 0.3) is 0 Å². The molecule has 0 aliphatic carbocycles. The van der Waals surface area contributed by atoms with E-state index in [1.165, 1.54) is 0 Å². The lowest BCUT2D eigenvalue weighted by Crippen LogP contribution is -2.38. The van der Waals surface area contributed by atoms with E-state index in [1.807, 2.05) is 31.2 Å². The van der Waals surface area contributed by atoms with Crippen molar-refractivity contribution in [2.75, 3.05) is 20.3 Å². The Morgan fingerprint density at radius 2 is 1.56 bits per heavy atom. The summed E-state index contributed by atoms with van der Waals surface area (Å²) in [5.74, 6) is 1.26. The topological polar surface area (TPSA) is 64.6 Å². The van der Waals surface area contributed by atoms with Gasteiger partial charge in [-0.1, -0.05) is 32.9 Å². The van der Waals surface area contributed by atoms with Gasteiger partial charge in [-0.05, 0) is 42.0 Å². The molecule has 0 heterocycles. The van der Waals surface area contributed by atoms with E-state index in [0.29, 0.717) is 24.3 Å². The van der Waals surface area contributed by atoms with E-state index in [1.54, 1.807) is 31.4 Å². The molecular formula is C22H27NO4. The van der Waals surface area contributed by atoms with E-state index in [2.05, 4.69) is 19.2 Å². The molecule has 0 saturated heterocycles. The van der Waals surface area contributed by atoms with E-state index >= 15 is 0 Å². The lowest BCUT2D eigenvalue weighted by atomic mass is 9.84. The van der Waals surface area contributed by atoms with Gasteiger partial charge in [0.05, 0.1) is 7.11 Å². The number of rotatable bonds is 9. The molecule has 5 heteroatoms. The molecule has 1 amide bonds. The number of hydrogen-bond donors (Lipinski definition) is 1. The first kappa shape index (κ1) is 20.5. The zero-order chi connectivity index (χ0) is 19.9. The third-order valence-electron chi connectivity index (χ3n) is 4.47. The minimum absolute atomic E-state index is 0.0697. The van der Waals surface area contributed by atoms with Crippen molar-refractivity contribution in [1.29, 1.82) is 0 Å². The highest BCUT2D eigenvalue weighted by molar-refractivity contribution is 5.95. The molecule has 2 aromatic rings. The quantitative estimate of drug-likeness (QED) is 0.684. The van der Waals surface area contributed by atoms with Gasteiger partial charge in [0.2, 0.25) is 0 Å².